The number of benzene rings is 3. The third kappa shape index (κ3) is 7.49. The fourth-order valence-corrected chi connectivity index (χ4v) is 7.55. The van der Waals surface area contributed by atoms with E-state index in [4.69, 9.17) is 0 Å². The molecule has 3 aliphatic rings. The SMILES string of the molecule is CCCN(CC1(O)CCC2c3ccc(cc3C(=O)c3ccc(F)c(F)c3)CC(O)CCC(C)=CCCC21C)C(=O)Nc1ccccc1. The minimum absolute atomic E-state index is 0.0317. The Hall–Kier alpha value is -3.88. The number of carbonyl (C=O) groups is 2. The molecule has 0 heterocycles. The first-order valence-electron chi connectivity index (χ1n) is 16.7. The molecule has 2 amide bonds. The Labute approximate surface area is 276 Å². The van der Waals surface area contributed by atoms with E-state index in [9.17, 15) is 28.6 Å². The number of urea groups is 1. The second-order valence-electron chi connectivity index (χ2n) is 13.6. The summed E-state index contributed by atoms with van der Waals surface area (Å²) in [6.45, 7) is 6.68. The van der Waals surface area contributed by atoms with Crippen LogP contribution in [0, 0.1) is 17.0 Å². The predicted molar refractivity (Wildman–Crippen MR) is 181 cm³/mol. The first-order chi connectivity index (χ1) is 22.4. The molecular weight excluding hydrogens is 598 g/mol. The van der Waals surface area contributed by atoms with Gasteiger partial charge in [-0.15, -0.1) is 0 Å². The number of halogens is 2. The highest BCUT2D eigenvalue weighted by Gasteiger charge is 2.57. The van der Waals surface area contributed by atoms with Crippen molar-refractivity contribution < 1.29 is 28.6 Å². The number of aliphatic hydroxyl groups excluding tert-OH is 1. The van der Waals surface area contributed by atoms with E-state index in [0.717, 1.165) is 23.3 Å². The lowest BCUT2D eigenvalue weighted by molar-refractivity contribution is -0.0763. The lowest BCUT2D eigenvalue weighted by atomic mass is 9.64. The van der Waals surface area contributed by atoms with E-state index in [1.165, 1.54) is 11.6 Å². The van der Waals surface area contributed by atoms with Gasteiger partial charge in [0.15, 0.2) is 17.4 Å². The third-order valence-corrected chi connectivity index (χ3v) is 10.4. The van der Waals surface area contributed by atoms with Gasteiger partial charge in [0.1, 0.15) is 0 Å². The number of aliphatic hydroxyl groups is 2. The van der Waals surface area contributed by atoms with E-state index >= 15 is 0 Å². The zero-order chi connectivity index (χ0) is 33.8. The molecule has 8 heteroatoms. The maximum atomic E-state index is 14.3. The van der Waals surface area contributed by atoms with Crippen LogP contribution in [-0.2, 0) is 6.42 Å². The van der Waals surface area contributed by atoms with Crippen molar-refractivity contribution in [2.75, 3.05) is 18.4 Å². The number of nitrogens with one attached hydrogen (secondary N) is 1. The molecule has 0 saturated heterocycles. The van der Waals surface area contributed by atoms with Crippen LogP contribution in [0.4, 0.5) is 19.3 Å². The summed E-state index contributed by atoms with van der Waals surface area (Å²) in [5.41, 5.74) is 1.69. The van der Waals surface area contributed by atoms with Crippen LogP contribution in [0.25, 0.3) is 0 Å². The summed E-state index contributed by atoms with van der Waals surface area (Å²) >= 11 is 0. The van der Waals surface area contributed by atoms with Gasteiger partial charge in [-0.2, -0.15) is 0 Å². The Morgan fingerprint density at radius 3 is 2.49 bits per heavy atom. The van der Waals surface area contributed by atoms with E-state index in [1.54, 1.807) is 11.0 Å². The van der Waals surface area contributed by atoms with Crippen molar-refractivity contribution in [3.63, 3.8) is 0 Å². The minimum Gasteiger partial charge on any atom is -0.393 e. The highest BCUT2D eigenvalue weighted by Crippen LogP contribution is 2.59. The molecule has 3 aromatic rings. The van der Waals surface area contributed by atoms with Crippen LogP contribution in [0.15, 0.2) is 78.4 Å². The van der Waals surface area contributed by atoms with Crippen LogP contribution in [0.5, 0.6) is 0 Å². The quantitative estimate of drug-likeness (QED) is 0.179. The summed E-state index contributed by atoms with van der Waals surface area (Å²) in [4.78, 5) is 29.3. The molecule has 250 valence electrons. The van der Waals surface area contributed by atoms with Crippen molar-refractivity contribution in [1.82, 2.24) is 4.90 Å². The number of hydrogen-bond acceptors (Lipinski definition) is 4. The van der Waals surface area contributed by atoms with Crippen molar-refractivity contribution in [1.29, 1.82) is 0 Å². The lowest BCUT2D eigenvalue weighted by Gasteiger charge is -2.46. The largest absolute Gasteiger partial charge is 0.393 e. The average molecular weight is 645 g/mol. The van der Waals surface area contributed by atoms with E-state index in [1.807, 2.05) is 49.4 Å². The molecule has 4 unspecified atom stereocenters. The second kappa shape index (κ2) is 14.5. The van der Waals surface area contributed by atoms with Crippen LogP contribution < -0.4 is 5.32 Å². The fraction of sp³-hybridized carbons (Fsp3) is 0.436. The number of para-hydroxylation sites is 1. The van der Waals surface area contributed by atoms with Crippen molar-refractivity contribution in [3.05, 3.63) is 112 Å². The van der Waals surface area contributed by atoms with Crippen molar-refractivity contribution in [2.45, 2.75) is 89.8 Å². The van der Waals surface area contributed by atoms with Gasteiger partial charge in [0.2, 0.25) is 0 Å². The van der Waals surface area contributed by atoms with Crippen LogP contribution >= 0.6 is 0 Å². The van der Waals surface area contributed by atoms with Crippen molar-refractivity contribution in [2.24, 2.45) is 5.41 Å². The second-order valence-corrected chi connectivity index (χ2v) is 13.6. The van der Waals surface area contributed by atoms with E-state index in [2.05, 4.69) is 25.2 Å². The molecule has 4 atom stereocenters. The highest BCUT2D eigenvalue weighted by molar-refractivity contribution is 6.10. The van der Waals surface area contributed by atoms with Crippen molar-refractivity contribution in [3.8, 4) is 0 Å². The standard InChI is InChI=1S/C39H46F2N2O4/c1-4-21-43(37(46)42-29-10-6-5-7-11-29)25-39(47)20-18-33-31-16-13-27(22-30(44)15-12-26(2)9-8-19-38(33,39)3)23-32(31)36(45)28-14-17-34(40)35(41)24-28/h5-7,9-11,13-14,16-17,23-24,30,33,44,47H,4,8,12,15,18-22,25H2,1-3H3,(H,42,46). The zero-order valence-electron chi connectivity index (χ0n) is 27.6. The molecule has 0 radical (unpaired) electrons. The lowest BCUT2D eigenvalue weighted by Crippen LogP contribution is -2.54. The Morgan fingerprint density at radius 2 is 1.77 bits per heavy atom. The van der Waals surface area contributed by atoms with Gasteiger partial charge in [0.25, 0.3) is 0 Å². The molecule has 0 spiro atoms. The van der Waals surface area contributed by atoms with E-state index in [0.29, 0.717) is 69.2 Å². The number of nitrogens with zero attached hydrogens (tertiary/aromatic N) is 1. The number of carbonyl (C=O) groups excluding carboxylic acids is 2. The summed E-state index contributed by atoms with van der Waals surface area (Å²) in [6, 6.07) is 17.7. The normalized spacial score (nSPS) is 24.6. The van der Waals surface area contributed by atoms with E-state index < -0.39 is 34.5 Å². The van der Waals surface area contributed by atoms with Gasteiger partial charge < -0.3 is 20.4 Å². The maximum Gasteiger partial charge on any atom is 0.321 e. The van der Waals surface area contributed by atoms with Gasteiger partial charge in [0, 0.05) is 28.8 Å². The first-order valence-corrected chi connectivity index (χ1v) is 16.7. The van der Waals surface area contributed by atoms with Crippen LogP contribution in [0.2, 0.25) is 0 Å². The monoisotopic (exact) mass is 644 g/mol. The van der Waals surface area contributed by atoms with E-state index in [-0.39, 0.29) is 24.1 Å². The molecule has 6 rings (SSSR count). The Morgan fingerprint density at radius 1 is 1.00 bits per heavy atom. The molecular formula is C39H46F2N2O4. The molecule has 0 aliphatic heterocycles. The summed E-state index contributed by atoms with van der Waals surface area (Å²) in [5, 5.41) is 26.5. The maximum absolute atomic E-state index is 14.3. The molecule has 1 fully saturated rings. The molecule has 2 bridgehead atoms. The number of allylic oxidation sites excluding steroid dienone is 2. The van der Waals surface area contributed by atoms with Gasteiger partial charge in [-0.05, 0) is 112 Å². The molecule has 3 aliphatic carbocycles. The third-order valence-electron chi connectivity index (χ3n) is 10.4. The topological polar surface area (TPSA) is 89.9 Å². The average Bonchev–Trinajstić information content (AvgIpc) is 3.30. The van der Waals surface area contributed by atoms with Gasteiger partial charge in [-0.3, -0.25) is 4.79 Å². The Kier molecular flexibility index (Phi) is 10.6. The highest BCUT2D eigenvalue weighted by atomic mass is 19.2. The van der Waals surface area contributed by atoms with Crippen molar-refractivity contribution >= 4 is 17.5 Å². The summed E-state index contributed by atoms with van der Waals surface area (Å²) < 4.78 is 28.1. The molecule has 1 saturated carbocycles. The molecule has 3 aromatic carbocycles. The molecule has 3 N–H and O–H groups in total. The first kappa shape index (κ1) is 34.5. The summed E-state index contributed by atoms with van der Waals surface area (Å²) in [6.07, 6.45) is 6.14. The van der Waals surface area contributed by atoms with Crippen LogP contribution in [0.1, 0.15) is 98.7 Å². The molecule has 6 nitrogen and oxygen atoms in total. The fourth-order valence-electron chi connectivity index (χ4n) is 7.55. The molecule has 47 heavy (non-hydrogen) atoms. The Bertz CT molecular complexity index is 1630. The smallest absolute Gasteiger partial charge is 0.321 e. The number of rotatable bonds is 7. The number of fused-ring (bicyclic) bond motifs is 8. The van der Waals surface area contributed by atoms with Gasteiger partial charge in [-0.1, -0.05) is 55.8 Å². The summed E-state index contributed by atoms with van der Waals surface area (Å²) in [7, 11) is 0. The van der Waals surface area contributed by atoms with Crippen LogP contribution in [0.3, 0.4) is 0 Å². The predicted octanol–water partition coefficient (Wildman–Crippen LogP) is 8.18. The summed E-state index contributed by atoms with van der Waals surface area (Å²) in [5.74, 6) is -2.84. The molecule has 0 aromatic heterocycles. The number of anilines is 1. The van der Waals surface area contributed by atoms with Gasteiger partial charge in [0.05, 0.1) is 18.2 Å². The minimum atomic E-state index is -1.28. The zero-order valence-corrected chi connectivity index (χ0v) is 27.6. The number of hydrogen-bond donors (Lipinski definition) is 3. The van der Waals surface area contributed by atoms with Crippen LogP contribution in [-0.4, -0.2) is 51.7 Å². The van der Waals surface area contributed by atoms with Gasteiger partial charge >= 0.3 is 6.03 Å². The Balaban J connectivity index is 1.57. The van der Waals surface area contributed by atoms with Gasteiger partial charge in [-0.25, -0.2) is 13.6 Å². The number of amides is 2. The number of ketones is 1.